The van der Waals surface area contributed by atoms with Gasteiger partial charge in [-0.2, -0.15) is 0 Å². The molecular formula is C13H10ClFN2O3. The zero-order chi connectivity index (χ0) is 14.7. The molecule has 104 valence electrons. The van der Waals surface area contributed by atoms with Crippen LogP contribution in [0.1, 0.15) is 11.1 Å². The third-order valence-corrected chi connectivity index (χ3v) is 2.92. The van der Waals surface area contributed by atoms with E-state index in [9.17, 15) is 14.5 Å². The molecule has 0 radical (unpaired) electrons. The van der Waals surface area contributed by atoms with E-state index in [1.807, 2.05) is 0 Å². The number of aryl methyl sites for hydroxylation is 1. The Balaban J connectivity index is 2.29. The second kappa shape index (κ2) is 5.83. The largest absolute Gasteiger partial charge is 0.436 e. The number of nitro benzene ring substituents is 1. The minimum Gasteiger partial charge on any atom is -0.436 e. The minimum absolute atomic E-state index is 0.112. The lowest BCUT2D eigenvalue weighted by Crippen LogP contribution is -1.96. The van der Waals surface area contributed by atoms with Crippen LogP contribution in [0, 0.1) is 22.9 Å². The van der Waals surface area contributed by atoms with Gasteiger partial charge >= 0.3 is 0 Å². The van der Waals surface area contributed by atoms with E-state index in [0.29, 0.717) is 11.4 Å². The Bertz CT molecular complexity index is 647. The van der Waals surface area contributed by atoms with Gasteiger partial charge in [-0.05, 0) is 18.6 Å². The summed E-state index contributed by atoms with van der Waals surface area (Å²) in [4.78, 5) is 14.0. The number of ether oxygens (including phenoxy) is 1. The molecule has 0 bridgehead atoms. The van der Waals surface area contributed by atoms with Crippen LogP contribution in [0.15, 0.2) is 30.5 Å². The van der Waals surface area contributed by atoms with Gasteiger partial charge in [0, 0.05) is 23.7 Å². The van der Waals surface area contributed by atoms with Crippen molar-refractivity contribution in [2.45, 2.75) is 12.8 Å². The molecule has 0 saturated heterocycles. The van der Waals surface area contributed by atoms with Crippen molar-refractivity contribution in [2.24, 2.45) is 0 Å². The fourth-order valence-corrected chi connectivity index (χ4v) is 1.74. The summed E-state index contributed by atoms with van der Waals surface area (Å²) in [5.41, 5.74) is 0.823. The first-order chi connectivity index (χ1) is 9.51. The molecule has 1 aromatic carbocycles. The van der Waals surface area contributed by atoms with E-state index in [1.54, 1.807) is 12.1 Å². The number of pyridine rings is 1. The lowest BCUT2D eigenvalue weighted by atomic mass is 10.2. The van der Waals surface area contributed by atoms with Crippen LogP contribution in [0.25, 0.3) is 0 Å². The van der Waals surface area contributed by atoms with Crippen molar-refractivity contribution in [3.8, 4) is 11.6 Å². The van der Waals surface area contributed by atoms with Gasteiger partial charge in [-0.15, -0.1) is 11.6 Å². The summed E-state index contributed by atoms with van der Waals surface area (Å²) in [6.07, 6.45) is 1.51. The molecular weight excluding hydrogens is 287 g/mol. The van der Waals surface area contributed by atoms with Crippen LogP contribution in [-0.4, -0.2) is 9.91 Å². The quantitative estimate of drug-likeness (QED) is 0.486. The van der Waals surface area contributed by atoms with Gasteiger partial charge in [-0.25, -0.2) is 9.37 Å². The van der Waals surface area contributed by atoms with Crippen molar-refractivity contribution in [2.75, 3.05) is 0 Å². The van der Waals surface area contributed by atoms with Crippen LogP contribution in [0.5, 0.6) is 11.6 Å². The molecule has 0 aliphatic carbocycles. The summed E-state index contributed by atoms with van der Waals surface area (Å²) in [5.74, 6) is -0.422. The second-order valence-electron chi connectivity index (χ2n) is 4.07. The van der Waals surface area contributed by atoms with E-state index < -0.39 is 10.7 Å². The third kappa shape index (κ3) is 3.03. The highest BCUT2D eigenvalue weighted by atomic mass is 35.5. The van der Waals surface area contributed by atoms with E-state index >= 15 is 0 Å². The molecule has 0 amide bonds. The first kappa shape index (κ1) is 14.2. The maximum atomic E-state index is 13.7. The molecule has 7 heteroatoms. The maximum Gasteiger partial charge on any atom is 0.275 e. The fourth-order valence-electron chi connectivity index (χ4n) is 1.58. The summed E-state index contributed by atoms with van der Waals surface area (Å²) in [7, 11) is 0. The molecule has 0 aliphatic heterocycles. The molecule has 2 rings (SSSR count). The molecule has 0 unspecified atom stereocenters. The summed E-state index contributed by atoms with van der Waals surface area (Å²) < 4.78 is 19.0. The Labute approximate surface area is 119 Å². The third-order valence-electron chi connectivity index (χ3n) is 2.61. The molecule has 1 aromatic heterocycles. The molecule has 0 fully saturated rings. The van der Waals surface area contributed by atoms with Crippen LogP contribution in [0.3, 0.4) is 0 Å². The van der Waals surface area contributed by atoms with Crippen LogP contribution in [-0.2, 0) is 5.88 Å². The number of halogens is 2. The summed E-state index contributed by atoms with van der Waals surface area (Å²) in [6.45, 7) is 1.51. The molecule has 2 aromatic rings. The van der Waals surface area contributed by atoms with Crippen LogP contribution in [0.2, 0.25) is 0 Å². The Morgan fingerprint density at radius 1 is 1.45 bits per heavy atom. The monoisotopic (exact) mass is 296 g/mol. The van der Waals surface area contributed by atoms with Gasteiger partial charge in [0.25, 0.3) is 5.69 Å². The number of nitrogens with zero attached hydrogens (tertiary/aromatic N) is 2. The van der Waals surface area contributed by atoms with Crippen molar-refractivity contribution in [1.29, 1.82) is 0 Å². The number of rotatable bonds is 4. The smallest absolute Gasteiger partial charge is 0.275 e. The minimum atomic E-state index is -0.814. The molecule has 0 aliphatic rings. The first-order valence-corrected chi connectivity index (χ1v) is 6.18. The lowest BCUT2D eigenvalue weighted by molar-refractivity contribution is -0.385. The SMILES string of the molecule is Cc1cc(Oc2ccc(CCl)cn2)c(F)cc1[N+](=O)[O-]. The van der Waals surface area contributed by atoms with Crippen molar-refractivity contribution >= 4 is 17.3 Å². The fraction of sp³-hybridized carbons (Fsp3) is 0.154. The molecule has 0 saturated carbocycles. The highest BCUT2D eigenvalue weighted by Crippen LogP contribution is 2.29. The van der Waals surface area contributed by atoms with Crippen molar-refractivity contribution in [3.63, 3.8) is 0 Å². The van der Waals surface area contributed by atoms with E-state index in [-0.39, 0.29) is 17.3 Å². The normalized spacial score (nSPS) is 10.3. The maximum absolute atomic E-state index is 13.7. The second-order valence-corrected chi connectivity index (χ2v) is 4.33. The number of hydrogen-bond acceptors (Lipinski definition) is 4. The van der Waals surface area contributed by atoms with Crippen LogP contribution < -0.4 is 4.74 Å². The van der Waals surface area contributed by atoms with Crippen molar-refractivity contribution in [3.05, 3.63) is 57.5 Å². The zero-order valence-corrected chi connectivity index (χ0v) is 11.2. The van der Waals surface area contributed by atoms with Gasteiger partial charge < -0.3 is 4.74 Å². The number of nitro groups is 1. The molecule has 0 N–H and O–H groups in total. The first-order valence-electron chi connectivity index (χ1n) is 5.64. The summed E-state index contributed by atoms with van der Waals surface area (Å²) in [5, 5.41) is 10.7. The van der Waals surface area contributed by atoms with Crippen LogP contribution >= 0.6 is 11.6 Å². The van der Waals surface area contributed by atoms with Crippen molar-refractivity contribution in [1.82, 2.24) is 4.98 Å². The molecule has 5 nitrogen and oxygen atoms in total. The summed E-state index contributed by atoms with van der Waals surface area (Å²) in [6, 6.07) is 5.35. The van der Waals surface area contributed by atoms with E-state index in [2.05, 4.69) is 4.98 Å². The Kier molecular flexibility index (Phi) is 4.14. The number of benzene rings is 1. The highest BCUT2D eigenvalue weighted by molar-refractivity contribution is 6.17. The highest BCUT2D eigenvalue weighted by Gasteiger charge is 2.17. The molecule has 1 heterocycles. The van der Waals surface area contributed by atoms with E-state index in [1.165, 1.54) is 19.2 Å². The average Bonchev–Trinajstić information content (AvgIpc) is 2.43. The van der Waals surface area contributed by atoms with E-state index in [0.717, 1.165) is 11.6 Å². The molecule has 0 atom stereocenters. The standard InChI is InChI=1S/C13H10ClFN2O3/c1-8-4-12(10(15)5-11(8)17(18)19)20-13-3-2-9(6-14)7-16-13/h2-5,7H,6H2,1H3. The van der Waals surface area contributed by atoms with Crippen molar-refractivity contribution < 1.29 is 14.1 Å². The average molecular weight is 297 g/mol. The Morgan fingerprint density at radius 3 is 2.75 bits per heavy atom. The Hall–Kier alpha value is -2.21. The number of alkyl halides is 1. The van der Waals surface area contributed by atoms with E-state index in [4.69, 9.17) is 16.3 Å². The topological polar surface area (TPSA) is 65.3 Å². The number of aromatic nitrogens is 1. The van der Waals surface area contributed by atoms with Gasteiger partial charge in [0.2, 0.25) is 5.88 Å². The van der Waals surface area contributed by atoms with Gasteiger partial charge in [0.15, 0.2) is 11.6 Å². The predicted molar refractivity (Wildman–Crippen MR) is 71.7 cm³/mol. The van der Waals surface area contributed by atoms with Gasteiger partial charge in [-0.1, -0.05) is 6.07 Å². The summed E-state index contributed by atoms with van der Waals surface area (Å²) >= 11 is 5.63. The predicted octanol–water partition coefficient (Wildman–Crippen LogP) is 3.97. The van der Waals surface area contributed by atoms with Gasteiger partial charge in [0.05, 0.1) is 11.0 Å². The number of hydrogen-bond donors (Lipinski definition) is 0. The Morgan fingerprint density at radius 2 is 2.20 bits per heavy atom. The zero-order valence-electron chi connectivity index (χ0n) is 10.5. The lowest BCUT2D eigenvalue weighted by Gasteiger charge is -2.07. The van der Waals surface area contributed by atoms with Gasteiger partial charge in [-0.3, -0.25) is 10.1 Å². The van der Waals surface area contributed by atoms with Gasteiger partial charge in [0.1, 0.15) is 0 Å². The van der Waals surface area contributed by atoms with Crippen LogP contribution in [0.4, 0.5) is 10.1 Å². The molecule has 20 heavy (non-hydrogen) atoms. The molecule has 0 spiro atoms.